The van der Waals surface area contributed by atoms with Crippen LogP contribution in [0.1, 0.15) is 19.0 Å². The van der Waals surface area contributed by atoms with Gasteiger partial charge in [0.2, 0.25) is 5.88 Å². The highest BCUT2D eigenvalue weighted by molar-refractivity contribution is 6.29. The van der Waals surface area contributed by atoms with Crippen LogP contribution in [0.4, 0.5) is 5.69 Å². The van der Waals surface area contributed by atoms with Crippen molar-refractivity contribution in [2.75, 3.05) is 5.73 Å². The lowest BCUT2D eigenvalue weighted by Gasteiger charge is -2.11. The third-order valence-electron chi connectivity index (χ3n) is 4.66. The summed E-state index contributed by atoms with van der Waals surface area (Å²) in [7, 11) is 0. The molecule has 6 heteroatoms. The van der Waals surface area contributed by atoms with E-state index in [4.69, 9.17) is 22.3 Å². The molecular weight excluding hydrogens is 348 g/mol. The number of halogens is 1. The van der Waals surface area contributed by atoms with Gasteiger partial charge in [0, 0.05) is 34.9 Å². The van der Waals surface area contributed by atoms with Crippen molar-refractivity contribution < 1.29 is 5.11 Å². The number of pyridine rings is 2. The molecule has 0 aliphatic heterocycles. The third kappa shape index (κ3) is 2.47. The summed E-state index contributed by atoms with van der Waals surface area (Å²) in [6, 6.07) is 9.59. The first-order valence-electron chi connectivity index (χ1n) is 8.54. The average Bonchev–Trinajstić information content (AvgIpc) is 2.91. The fraction of sp³-hybridized carbons (Fsp3) is 0.200. The molecule has 0 bridgehead atoms. The van der Waals surface area contributed by atoms with Gasteiger partial charge in [0.05, 0.1) is 22.1 Å². The van der Waals surface area contributed by atoms with E-state index in [1.54, 1.807) is 10.6 Å². The number of aromatic nitrogens is 3. The van der Waals surface area contributed by atoms with Gasteiger partial charge in [-0.1, -0.05) is 36.7 Å². The van der Waals surface area contributed by atoms with Crippen molar-refractivity contribution in [3.05, 3.63) is 47.4 Å². The minimum absolute atomic E-state index is 0.170. The Bertz CT molecular complexity index is 1150. The minimum atomic E-state index is 0.170. The Labute approximate surface area is 156 Å². The van der Waals surface area contributed by atoms with Crippen molar-refractivity contribution in [3.8, 4) is 17.0 Å². The van der Waals surface area contributed by atoms with Gasteiger partial charge in [-0.05, 0) is 25.5 Å². The average molecular weight is 367 g/mol. The van der Waals surface area contributed by atoms with Crippen LogP contribution in [0.15, 0.2) is 36.5 Å². The summed E-state index contributed by atoms with van der Waals surface area (Å²) in [6.07, 6.45) is 2.77. The Morgan fingerprint density at radius 1 is 1.15 bits per heavy atom. The molecule has 0 saturated heterocycles. The third-order valence-corrected chi connectivity index (χ3v) is 4.87. The first kappa shape index (κ1) is 16.7. The van der Waals surface area contributed by atoms with Gasteiger partial charge in [0.15, 0.2) is 0 Å². The second kappa shape index (κ2) is 6.18. The van der Waals surface area contributed by atoms with Crippen LogP contribution < -0.4 is 5.73 Å². The van der Waals surface area contributed by atoms with Crippen LogP contribution in [0.3, 0.4) is 0 Å². The molecule has 0 radical (unpaired) electrons. The van der Waals surface area contributed by atoms with Crippen LogP contribution in [-0.4, -0.2) is 19.6 Å². The summed E-state index contributed by atoms with van der Waals surface area (Å²) >= 11 is 6.00. The molecule has 132 valence electrons. The molecule has 3 N–H and O–H groups in total. The van der Waals surface area contributed by atoms with E-state index >= 15 is 0 Å². The maximum Gasteiger partial charge on any atom is 0.202 e. The van der Waals surface area contributed by atoms with Gasteiger partial charge in [-0.15, -0.1) is 0 Å². The number of aryl methyl sites for hydroxylation is 2. The molecule has 0 spiro atoms. The highest BCUT2D eigenvalue weighted by atomic mass is 35.5. The summed E-state index contributed by atoms with van der Waals surface area (Å²) in [5.74, 6) is 0.170. The summed E-state index contributed by atoms with van der Waals surface area (Å²) in [5, 5.41) is 12.4. The Morgan fingerprint density at radius 2 is 1.96 bits per heavy atom. The SMILES string of the molecule is CCCn1cc2nc3c(-c4ccc(Cl)nc4C)cccc3c(N)c2c1O. The van der Waals surface area contributed by atoms with E-state index in [-0.39, 0.29) is 5.88 Å². The van der Waals surface area contributed by atoms with Crippen LogP contribution in [0.5, 0.6) is 5.88 Å². The van der Waals surface area contributed by atoms with Crippen LogP contribution in [-0.2, 0) is 6.54 Å². The van der Waals surface area contributed by atoms with Gasteiger partial charge < -0.3 is 15.4 Å². The molecule has 0 saturated carbocycles. The van der Waals surface area contributed by atoms with E-state index in [1.165, 1.54) is 0 Å². The summed E-state index contributed by atoms with van der Waals surface area (Å²) in [6.45, 7) is 4.70. The van der Waals surface area contributed by atoms with Gasteiger partial charge >= 0.3 is 0 Å². The molecule has 0 aliphatic rings. The highest BCUT2D eigenvalue weighted by Crippen LogP contribution is 2.39. The molecule has 0 fully saturated rings. The lowest BCUT2D eigenvalue weighted by molar-refractivity contribution is 0.421. The standard InChI is InChI=1S/C20H19ClN4O/c1-3-9-25-10-15-17(20(25)26)18(22)14-6-4-5-13(19(14)24-15)12-7-8-16(21)23-11(12)2/h4-8,10,26H,3,9,22H2,1-2H3. The van der Waals surface area contributed by atoms with E-state index in [0.29, 0.717) is 28.3 Å². The predicted octanol–water partition coefficient (Wildman–Crippen LogP) is 4.91. The number of hydrogen-bond acceptors (Lipinski definition) is 4. The lowest BCUT2D eigenvalue weighted by atomic mass is 9.99. The Kier molecular flexibility index (Phi) is 3.96. The molecule has 0 aliphatic carbocycles. The summed E-state index contributed by atoms with van der Waals surface area (Å²) < 4.78 is 1.79. The normalized spacial score (nSPS) is 11.5. The molecule has 4 rings (SSSR count). The van der Waals surface area contributed by atoms with Crippen LogP contribution in [0.25, 0.3) is 32.9 Å². The van der Waals surface area contributed by atoms with E-state index in [0.717, 1.165) is 34.1 Å². The quantitative estimate of drug-likeness (QED) is 0.505. The van der Waals surface area contributed by atoms with Crippen molar-refractivity contribution >= 4 is 39.1 Å². The van der Waals surface area contributed by atoms with Crippen molar-refractivity contribution in [2.45, 2.75) is 26.8 Å². The summed E-state index contributed by atoms with van der Waals surface area (Å²) in [4.78, 5) is 9.17. The fourth-order valence-electron chi connectivity index (χ4n) is 3.45. The molecule has 26 heavy (non-hydrogen) atoms. The van der Waals surface area contributed by atoms with Gasteiger partial charge in [0.1, 0.15) is 5.15 Å². The van der Waals surface area contributed by atoms with Crippen molar-refractivity contribution in [1.29, 1.82) is 0 Å². The van der Waals surface area contributed by atoms with E-state index in [9.17, 15) is 5.11 Å². The predicted molar refractivity (Wildman–Crippen MR) is 107 cm³/mol. The molecule has 0 atom stereocenters. The monoisotopic (exact) mass is 366 g/mol. The van der Waals surface area contributed by atoms with Crippen LogP contribution >= 0.6 is 11.6 Å². The number of nitrogens with zero attached hydrogens (tertiary/aromatic N) is 3. The van der Waals surface area contributed by atoms with Crippen molar-refractivity contribution in [2.24, 2.45) is 0 Å². The number of anilines is 1. The molecule has 0 unspecified atom stereocenters. The molecule has 1 aromatic carbocycles. The zero-order chi connectivity index (χ0) is 18.4. The number of benzene rings is 1. The second-order valence-corrected chi connectivity index (χ2v) is 6.79. The first-order chi connectivity index (χ1) is 12.5. The zero-order valence-corrected chi connectivity index (χ0v) is 15.4. The van der Waals surface area contributed by atoms with Crippen LogP contribution in [0, 0.1) is 6.92 Å². The van der Waals surface area contributed by atoms with Crippen molar-refractivity contribution in [1.82, 2.24) is 14.5 Å². The Hall–Kier alpha value is -2.79. The number of aromatic hydroxyl groups is 1. The largest absolute Gasteiger partial charge is 0.494 e. The Morgan fingerprint density at radius 3 is 2.69 bits per heavy atom. The first-order valence-corrected chi connectivity index (χ1v) is 8.92. The molecule has 5 nitrogen and oxygen atoms in total. The maximum atomic E-state index is 10.5. The fourth-order valence-corrected chi connectivity index (χ4v) is 3.64. The number of rotatable bonds is 3. The number of para-hydroxylation sites is 1. The molecule has 3 aromatic heterocycles. The van der Waals surface area contributed by atoms with Gasteiger partial charge in [-0.2, -0.15) is 0 Å². The lowest BCUT2D eigenvalue weighted by Crippen LogP contribution is -1.95. The minimum Gasteiger partial charge on any atom is -0.494 e. The van der Waals surface area contributed by atoms with Gasteiger partial charge in [-0.3, -0.25) is 0 Å². The van der Waals surface area contributed by atoms with E-state index in [2.05, 4.69) is 11.9 Å². The Balaban J connectivity index is 2.06. The molecular formula is C20H19ClN4O. The molecule has 3 heterocycles. The zero-order valence-electron chi connectivity index (χ0n) is 14.6. The number of fused-ring (bicyclic) bond motifs is 2. The topological polar surface area (TPSA) is 77.0 Å². The maximum absolute atomic E-state index is 10.5. The molecule has 4 aromatic rings. The smallest absolute Gasteiger partial charge is 0.202 e. The second-order valence-electron chi connectivity index (χ2n) is 6.40. The number of nitrogen functional groups attached to an aromatic ring is 1. The van der Waals surface area contributed by atoms with Crippen molar-refractivity contribution in [3.63, 3.8) is 0 Å². The van der Waals surface area contributed by atoms with Crippen LogP contribution in [0.2, 0.25) is 5.15 Å². The summed E-state index contributed by atoms with van der Waals surface area (Å²) in [5.41, 5.74) is 11.2. The number of nitrogens with two attached hydrogens (primary N) is 1. The van der Waals surface area contributed by atoms with E-state index in [1.807, 2.05) is 37.4 Å². The van der Waals surface area contributed by atoms with Gasteiger partial charge in [0.25, 0.3) is 0 Å². The molecule has 0 amide bonds. The highest BCUT2D eigenvalue weighted by Gasteiger charge is 2.18. The number of hydrogen-bond donors (Lipinski definition) is 2. The van der Waals surface area contributed by atoms with Gasteiger partial charge in [-0.25, -0.2) is 9.97 Å². The van der Waals surface area contributed by atoms with E-state index < -0.39 is 0 Å².